The quantitative estimate of drug-likeness (QED) is 0.728. The number of rotatable bonds is 6. The maximum atomic E-state index is 5.99. The molecule has 24 heavy (non-hydrogen) atoms. The van der Waals surface area contributed by atoms with Gasteiger partial charge in [0.05, 0.1) is 29.8 Å². The van der Waals surface area contributed by atoms with E-state index < -0.39 is 0 Å². The van der Waals surface area contributed by atoms with Crippen LogP contribution in [0, 0.1) is 0 Å². The summed E-state index contributed by atoms with van der Waals surface area (Å²) in [6.45, 7) is 0.787. The Morgan fingerprint density at radius 3 is 2.46 bits per heavy atom. The Bertz CT molecular complexity index is 766. The molecule has 1 aromatic heterocycles. The smallest absolute Gasteiger partial charge is 0.0731 e. The van der Waals surface area contributed by atoms with Gasteiger partial charge in [0.15, 0.2) is 0 Å². The third-order valence-corrected chi connectivity index (χ3v) is 4.23. The van der Waals surface area contributed by atoms with Gasteiger partial charge in [0, 0.05) is 11.6 Å². The van der Waals surface area contributed by atoms with E-state index in [0.717, 1.165) is 22.9 Å². The molecule has 1 atom stereocenters. The number of anilines is 1. The van der Waals surface area contributed by atoms with Crippen LogP contribution in [0.2, 0.25) is 5.02 Å². The molecule has 0 fully saturated rings. The molecule has 2 aromatic carbocycles. The average molecular weight is 341 g/mol. The lowest BCUT2D eigenvalue weighted by Crippen LogP contribution is -2.26. The first-order valence-corrected chi connectivity index (χ1v) is 8.27. The number of likely N-dealkylation sites (N-methyl/N-ethyl adjacent to an activating group) is 1. The Balaban J connectivity index is 1.69. The predicted octanol–water partition coefficient (Wildman–Crippen LogP) is 4.24. The first-order valence-electron chi connectivity index (χ1n) is 7.89. The van der Waals surface area contributed by atoms with E-state index in [2.05, 4.69) is 41.5 Å². The zero-order valence-corrected chi connectivity index (χ0v) is 14.6. The van der Waals surface area contributed by atoms with E-state index in [1.165, 1.54) is 5.56 Å². The molecule has 3 aromatic rings. The second kappa shape index (κ2) is 7.51. The van der Waals surface area contributed by atoms with Gasteiger partial charge in [0.2, 0.25) is 0 Å². The van der Waals surface area contributed by atoms with Crippen molar-refractivity contribution in [2.45, 2.75) is 6.04 Å². The summed E-state index contributed by atoms with van der Waals surface area (Å²) in [6.07, 6.45) is 3.85. The van der Waals surface area contributed by atoms with Crippen molar-refractivity contribution in [1.29, 1.82) is 0 Å². The van der Waals surface area contributed by atoms with Crippen LogP contribution in [0.15, 0.2) is 67.0 Å². The van der Waals surface area contributed by atoms with E-state index in [0.29, 0.717) is 0 Å². The molecule has 1 unspecified atom stereocenters. The molecule has 0 spiro atoms. The van der Waals surface area contributed by atoms with Crippen LogP contribution in [0.5, 0.6) is 0 Å². The van der Waals surface area contributed by atoms with Crippen LogP contribution < -0.4 is 5.32 Å². The van der Waals surface area contributed by atoms with E-state index in [9.17, 15) is 0 Å². The van der Waals surface area contributed by atoms with Gasteiger partial charge in [-0.15, -0.1) is 0 Å². The lowest BCUT2D eigenvalue weighted by atomic mass is 10.1. The third kappa shape index (κ3) is 3.96. The Morgan fingerprint density at radius 2 is 1.79 bits per heavy atom. The fraction of sp³-hybridized carbons (Fsp3) is 0.211. The van der Waals surface area contributed by atoms with E-state index >= 15 is 0 Å². The first-order chi connectivity index (χ1) is 11.6. The van der Waals surface area contributed by atoms with Crippen molar-refractivity contribution in [3.8, 4) is 5.69 Å². The highest BCUT2D eigenvalue weighted by Gasteiger charge is 2.14. The summed E-state index contributed by atoms with van der Waals surface area (Å²) in [6, 6.07) is 18.3. The molecule has 0 aliphatic heterocycles. The molecule has 4 nitrogen and oxygen atoms in total. The minimum absolute atomic E-state index is 0.252. The molecular formula is C19H21ClN4. The average Bonchev–Trinajstić information content (AvgIpc) is 3.06. The Morgan fingerprint density at radius 1 is 1.08 bits per heavy atom. The SMILES string of the molecule is CN(C)C(CNc1cnn(-c2ccccc2)c1)c1ccc(Cl)cc1. The lowest BCUT2D eigenvalue weighted by Gasteiger charge is -2.25. The molecule has 0 saturated heterocycles. The topological polar surface area (TPSA) is 33.1 Å². The van der Waals surface area contributed by atoms with Gasteiger partial charge in [0.1, 0.15) is 0 Å². The second-order valence-corrected chi connectivity index (χ2v) is 6.36. The summed E-state index contributed by atoms with van der Waals surface area (Å²) in [7, 11) is 4.16. The highest BCUT2D eigenvalue weighted by atomic mass is 35.5. The second-order valence-electron chi connectivity index (χ2n) is 5.92. The fourth-order valence-electron chi connectivity index (χ4n) is 2.63. The number of aromatic nitrogens is 2. The number of hydrogen-bond donors (Lipinski definition) is 1. The minimum Gasteiger partial charge on any atom is -0.381 e. The number of halogens is 1. The van der Waals surface area contributed by atoms with Crippen LogP contribution in [0.3, 0.4) is 0 Å². The fourth-order valence-corrected chi connectivity index (χ4v) is 2.76. The van der Waals surface area contributed by atoms with Crippen molar-refractivity contribution in [3.05, 3.63) is 77.6 Å². The molecule has 0 saturated carbocycles. The van der Waals surface area contributed by atoms with Crippen LogP contribution in [0.25, 0.3) is 5.69 Å². The summed E-state index contributed by atoms with van der Waals surface area (Å²) >= 11 is 5.99. The van der Waals surface area contributed by atoms with E-state index in [4.69, 9.17) is 11.6 Å². The van der Waals surface area contributed by atoms with Crippen molar-refractivity contribution in [3.63, 3.8) is 0 Å². The van der Waals surface area contributed by atoms with E-state index in [1.807, 2.05) is 59.5 Å². The molecule has 0 bridgehead atoms. The summed E-state index contributed by atoms with van der Waals surface area (Å²) < 4.78 is 1.87. The summed E-state index contributed by atoms with van der Waals surface area (Å²) in [5, 5.41) is 8.65. The zero-order chi connectivity index (χ0) is 16.9. The van der Waals surface area contributed by atoms with Crippen molar-refractivity contribution >= 4 is 17.3 Å². The van der Waals surface area contributed by atoms with Gasteiger partial charge in [-0.05, 0) is 43.9 Å². The van der Waals surface area contributed by atoms with Crippen LogP contribution >= 0.6 is 11.6 Å². The highest BCUT2D eigenvalue weighted by molar-refractivity contribution is 6.30. The predicted molar refractivity (Wildman–Crippen MR) is 99.9 cm³/mol. The largest absolute Gasteiger partial charge is 0.381 e. The molecule has 124 valence electrons. The molecule has 5 heteroatoms. The van der Waals surface area contributed by atoms with Gasteiger partial charge in [-0.3, -0.25) is 0 Å². The first kappa shape index (κ1) is 16.6. The highest BCUT2D eigenvalue weighted by Crippen LogP contribution is 2.21. The third-order valence-electron chi connectivity index (χ3n) is 3.98. The number of nitrogens with zero attached hydrogens (tertiary/aromatic N) is 3. The molecule has 0 aliphatic carbocycles. The molecule has 0 radical (unpaired) electrons. The number of hydrogen-bond acceptors (Lipinski definition) is 3. The molecule has 0 aliphatic rings. The number of benzene rings is 2. The van der Waals surface area contributed by atoms with Crippen molar-refractivity contribution < 1.29 is 0 Å². The van der Waals surface area contributed by atoms with Crippen LogP contribution in [0.1, 0.15) is 11.6 Å². The number of para-hydroxylation sites is 1. The van der Waals surface area contributed by atoms with Crippen LogP contribution in [-0.4, -0.2) is 35.3 Å². The van der Waals surface area contributed by atoms with Gasteiger partial charge in [-0.1, -0.05) is 41.9 Å². The number of nitrogens with one attached hydrogen (secondary N) is 1. The normalized spacial score (nSPS) is 12.3. The van der Waals surface area contributed by atoms with Gasteiger partial charge in [0.25, 0.3) is 0 Å². The maximum absolute atomic E-state index is 5.99. The zero-order valence-electron chi connectivity index (χ0n) is 13.9. The van der Waals surface area contributed by atoms with Crippen LogP contribution in [0.4, 0.5) is 5.69 Å². The molecule has 0 amide bonds. The Labute approximate surface area is 147 Å². The van der Waals surface area contributed by atoms with Gasteiger partial charge < -0.3 is 10.2 Å². The van der Waals surface area contributed by atoms with E-state index in [1.54, 1.807) is 0 Å². The summed E-state index contributed by atoms with van der Waals surface area (Å²) in [4.78, 5) is 2.19. The van der Waals surface area contributed by atoms with Crippen molar-refractivity contribution in [2.75, 3.05) is 26.0 Å². The Kier molecular flexibility index (Phi) is 5.18. The van der Waals surface area contributed by atoms with Gasteiger partial charge in [-0.2, -0.15) is 5.10 Å². The Hall–Kier alpha value is -2.30. The van der Waals surface area contributed by atoms with Crippen LogP contribution in [-0.2, 0) is 0 Å². The van der Waals surface area contributed by atoms with E-state index in [-0.39, 0.29) is 6.04 Å². The maximum Gasteiger partial charge on any atom is 0.0731 e. The molecule has 1 heterocycles. The standard InChI is InChI=1S/C19H21ClN4/c1-23(2)19(15-8-10-16(20)11-9-15)13-21-17-12-22-24(14-17)18-6-4-3-5-7-18/h3-12,14,19,21H,13H2,1-2H3. The van der Waals surface area contributed by atoms with Crippen molar-refractivity contribution in [1.82, 2.24) is 14.7 Å². The van der Waals surface area contributed by atoms with Crippen molar-refractivity contribution in [2.24, 2.45) is 0 Å². The molecule has 1 N–H and O–H groups in total. The van der Waals surface area contributed by atoms with Gasteiger partial charge in [-0.25, -0.2) is 4.68 Å². The monoisotopic (exact) mass is 340 g/mol. The van der Waals surface area contributed by atoms with Gasteiger partial charge >= 0.3 is 0 Å². The minimum atomic E-state index is 0.252. The molecular weight excluding hydrogens is 320 g/mol. The molecule has 3 rings (SSSR count). The lowest BCUT2D eigenvalue weighted by molar-refractivity contribution is 0.312. The summed E-state index contributed by atoms with van der Waals surface area (Å²) in [5.41, 5.74) is 3.28. The summed E-state index contributed by atoms with van der Waals surface area (Å²) in [5.74, 6) is 0.